The zero-order valence-corrected chi connectivity index (χ0v) is 13.1. The number of ether oxygens (including phenoxy) is 1. The Hall–Kier alpha value is -2.61. The molecular weight excluding hydrogens is 308 g/mol. The van der Waals surface area contributed by atoms with E-state index in [0.717, 1.165) is 12.8 Å². The number of carbonyl (C=O) groups is 1. The molecule has 2 aliphatic heterocycles. The van der Waals surface area contributed by atoms with Gasteiger partial charge in [0.25, 0.3) is 5.91 Å². The predicted molar refractivity (Wildman–Crippen MR) is 85.4 cm³/mol. The fourth-order valence-corrected chi connectivity index (χ4v) is 3.41. The molecule has 3 atom stereocenters. The lowest BCUT2D eigenvalue weighted by molar-refractivity contribution is 0.000590. The summed E-state index contributed by atoms with van der Waals surface area (Å²) in [6, 6.07) is 1.84. The van der Waals surface area contributed by atoms with Crippen molar-refractivity contribution in [1.29, 1.82) is 0 Å². The third-order valence-electron chi connectivity index (χ3n) is 4.45. The molecule has 2 aromatic rings. The van der Waals surface area contributed by atoms with E-state index in [2.05, 4.69) is 30.2 Å². The Balaban J connectivity index is 1.54. The molecule has 0 aromatic carbocycles. The van der Waals surface area contributed by atoms with Gasteiger partial charge >= 0.3 is 0 Å². The molecule has 0 unspecified atom stereocenters. The summed E-state index contributed by atoms with van der Waals surface area (Å²) in [5, 5.41) is 3.03. The zero-order valence-electron chi connectivity index (χ0n) is 13.1. The minimum atomic E-state index is -0.239. The van der Waals surface area contributed by atoms with Crippen LogP contribution in [0.5, 0.6) is 0 Å². The molecule has 2 aromatic heterocycles. The molecule has 0 bridgehead atoms. The molecule has 2 saturated heterocycles. The number of rotatable bonds is 3. The first kappa shape index (κ1) is 14.9. The highest BCUT2D eigenvalue weighted by atomic mass is 16.5. The lowest BCUT2D eigenvalue weighted by Crippen LogP contribution is -2.47. The van der Waals surface area contributed by atoms with Gasteiger partial charge in [-0.25, -0.2) is 15.0 Å². The van der Waals surface area contributed by atoms with Crippen LogP contribution in [0.3, 0.4) is 0 Å². The Labute approximate surface area is 139 Å². The largest absolute Gasteiger partial charge is 0.374 e. The Morgan fingerprint density at radius 3 is 2.88 bits per heavy atom. The van der Waals surface area contributed by atoms with Crippen LogP contribution in [0.25, 0.3) is 0 Å². The first-order chi connectivity index (χ1) is 11.8. The number of hydrogen-bond donors (Lipinski definition) is 1. The van der Waals surface area contributed by atoms with Gasteiger partial charge in [-0.3, -0.25) is 9.78 Å². The highest BCUT2D eigenvalue weighted by Crippen LogP contribution is 2.31. The van der Waals surface area contributed by atoms with Crippen molar-refractivity contribution in [1.82, 2.24) is 25.3 Å². The molecule has 1 N–H and O–H groups in total. The smallest absolute Gasteiger partial charge is 0.271 e. The number of nitrogens with one attached hydrogen (secondary N) is 1. The van der Waals surface area contributed by atoms with Gasteiger partial charge in [0, 0.05) is 37.9 Å². The Bertz CT molecular complexity index is 698. The van der Waals surface area contributed by atoms with Crippen LogP contribution in [0.2, 0.25) is 0 Å². The summed E-state index contributed by atoms with van der Waals surface area (Å²) in [7, 11) is 0. The maximum atomic E-state index is 12.4. The van der Waals surface area contributed by atoms with Gasteiger partial charge in [-0.05, 0) is 18.9 Å². The molecule has 8 nitrogen and oxygen atoms in total. The molecular formula is C16H18N6O2. The van der Waals surface area contributed by atoms with Crippen molar-refractivity contribution >= 4 is 11.9 Å². The van der Waals surface area contributed by atoms with Crippen LogP contribution in [0.15, 0.2) is 37.1 Å². The quantitative estimate of drug-likeness (QED) is 0.874. The SMILES string of the molecule is O=C(N[C@H]1CN(c2ncccn2)[C@@H]2CCCO[C@H]12)c1cnccn1. The average Bonchev–Trinajstić information content (AvgIpc) is 3.02. The van der Waals surface area contributed by atoms with Crippen molar-refractivity contribution in [2.24, 2.45) is 0 Å². The number of aromatic nitrogens is 4. The highest BCUT2D eigenvalue weighted by Gasteiger charge is 2.45. The van der Waals surface area contributed by atoms with E-state index in [-0.39, 0.29) is 24.1 Å². The second kappa shape index (κ2) is 6.48. The van der Waals surface area contributed by atoms with Gasteiger partial charge < -0.3 is 15.0 Å². The summed E-state index contributed by atoms with van der Waals surface area (Å²) in [6.45, 7) is 1.33. The van der Waals surface area contributed by atoms with Crippen LogP contribution in [-0.4, -0.2) is 57.2 Å². The third kappa shape index (κ3) is 2.80. The summed E-state index contributed by atoms with van der Waals surface area (Å²) in [4.78, 5) is 31.2. The monoisotopic (exact) mass is 326 g/mol. The van der Waals surface area contributed by atoms with E-state index in [0.29, 0.717) is 24.8 Å². The van der Waals surface area contributed by atoms with Crippen molar-refractivity contribution in [2.45, 2.75) is 31.0 Å². The van der Waals surface area contributed by atoms with Crippen molar-refractivity contribution in [2.75, 3.05) is 18.1 Å². The van der Waals surface area contributed by atoms with Gasteiger partial charge in [0.15, 0.2) is 0 Å². The van der Waals surface area contributed by atoms with Crippen molar-refractivity contribution in [3.63, 3.8) is 0 Å². The van der Waals surface area contributed by atoms with Gasteiger partial charge in [-0.1, -0.05) is 0 Å². The Kier molecular flexibility index (Phi) is 4.04. The number of anilines is 1. The van der Waals surface area contributed by atoms with E-state index in [9.17, 15) is 4.79 Å². The fourth-order valence-electron chi connectivity index (χ4n) is 3.41. The molecule has 124 valence electrons. The first-order valence-electron chi connectivity index (χ1n) is 8.05. The molecule has 0 spiro atoms. The summed E-state index contributed by atoms with van der Waals surface area (Å²) < 4.78 is 5.96. The van der Waals surface area contributed by atoms with Crippen LogP contribution in [0.1, 0.15) is 23.3 Å². The summed E-state index contributed by atoms with van der Waals surface area (Å²) in [6.07, 6.45) is 9.90. The molecule has 2 aliphatic rings. The Morgan fingerprint density at radius 1 is 1.21 bits per heavy atom. The van der Waals surface area contributed by atoms with Crippen LogP contribution < -0.4 is 10.2 Å². The van der Waals surface area contributed by atoms with Gasteiger partial charge in [0.2, 0.25) is 5.95 Å². The van der Waals surface area contributed by atoms with E-state index in [4.69, 9.17) is 4.74 Å². The predicted octanol–water partition coefficient (Wildman–Crippen LogP) is 0.433. The van der Waals surface area contributed by atoms with Crippen LogP contribution >= 0.6 is 0 Å². The summed E-state index contributed by atoms with van der Waals surface area (Å²) >= 11 is 0. The minimum absolute atomic E-state index is 0.0665. The molecule has 4 heterocycles. The number of nitrogens with zero attached hydrogens (tertiary/aromatic N) is 5. The van der Waals surface area contributed by atoms with E-state index in [1.54, 1.807) is 24.7 Å². The molecule has 24 heavy (non-hydrogen) atoms. The maximum absolute atomic E-state index is 12.4. The molecule has 0 aliphatic carbocycles. The van der Waals surface area contributed by atoms with Crippen molar-refractivity contribution in [3.05, 3.63) is 42.7 Å². The maximum Gasteiger partial charge on any atom is 0.271 e. The van der Waals surface area contributed by atoms with Gasteiger partial charge in [-0.2, -0.15) is 0 Å². The van der Waals surface area contributed by atoms with Gasteiger partial charge in [0.05, 0.1) is 24.4 Å². The van der Waals surface area contributed by atoms with Crippen molar-refractivity contribution in [3.8, 4) is 0 Å². The lowest BCUT2D eigenvalue weighted by Gasteiger charge is -2.32. The zero-order chi connectivity index (χ0) is 16.4. The van der Waals surface area contributed by atoms with E-state index in [1.807, 2.05) is 0 Å². The molecule has 0 radical (unpaired) electrons. The minimum Gasteiger partial charge on any atom is -0.374 e. The number of fused-ring (bicyclic) bond motifs is 1. The third-order valence-corrected chi connectivity index (χ3v) is 4.45. The van der Waals surface area contributed by atoms with Gasteiger partial charge in [0.1, 0.15) is 5.69 Å². The standard InChI is InChI=1S/C16H18N6O2/c23-15(11-9-17-6-7-18-11)21-12-10-22(16-19-4-2-5-20-16)13-3-1-8-24-14(12)13/h2,4-7,9,12-14H,1,3,8,10H2,(H,21,23)/t12-,13+,14+/m0/s1. The normalized spacial score (nSPS) is 26.0. The second-order valence-electron chi connectivity index (χ2n) is 5.92. The fraction of sp³-hybridized carbons (Fsp3) is 0.438. The van der Waals surface area contributed by atoms with Crippen LogP contribution in [0.4, 0.5) is 5.95 Å². The highest BCUT2D eigenvalue weighted by molar-refractivity contribution is 5.92. The number of carbonyl (C=O) groups excluding carboxylic acids is 1. The molecule has 2 fully saturated rings. The van der Waals surface area contributed by atoms with E-state index < -0.39 is 0 Å². The first-order valence-corrected chi connectivity index (χ1v) is 8.05. The van der Waals surface area contributed by atoms with E-state index >= 15 is 0 Å². The lowest BCUT2D eigenvalue weighted by atomic mass is 10.0. The molecule has 0 saturated carbocycles. The average molecular weight is 326 g/mol. The van der Waals surface area contributed by atoms with E-state index in [1.165, 1.54) is 12.4 Å². The van der Waals surface area contributed by atoms with Crippen LogP contribution in [-0.2, 0) is 4.74 Å². The number of amides is 1. The number of hydrogen-bond acceptors (Lipinski definition) is 7. The van der Waals surface area contributed by atoms with Gasteiger partial charge in [-0.15, -0.1) is 0 Å². The second-order valence-corrected chi connectivity index (χ2v) is 5.92. The van der Waals surface area contributed by atoms with Crippen molar-refractivity contribution < 1.29 is 9.53 Å². The topological polar surface area (TPSA) is 93.1 Å². The summed E-state index contributed by atoms with van der Waals surface area (Å²) in [5.74, 6) is 0.436. The van der Waals surface area contributed by atoms with Crippen LogP contribution in [0, 0.1) is 0 Å². The summed E-state index contributed by atoms with van der Waals surface area (Å²) in [5.41, 5.74) is 0.305. The molecule has 8 heteroatoms. The molecule has 4 rings (SSSR count). The molecule has 1 amide bonds. The Morgan fingerprint density at radius 2 is 2.08 bits per heavy atom.